The summed E-state index contributed by atoms with van der Waals surface area (Å²) < 4.78 is 10.8. The molecule has 2 aromatic carbocycles. The minimum absolute atomic E-state index is 0.133. The Morgan fingerprint density at radius 3 is 2.43 bits per heavy atom. The summed E-state index contributed by atoms with van der Waals surface area (Å²) in [5.41, 5.74) is -0.524. The van der Waals surface area contributed by atoms with Gasteiger partial charge in [-0.25, -0.2) is 0 Å². The maximum atomic E-state index is 11.8. The van der Waals surface area contributed by atoms with E-state index in [0.717, 1.165) is 0 Å². The fraction of sp³-hybridized carbons (Fsp3) is 0.0625. The second-order valence-corrected chi connectivity index (χ2v) is 4.73. The van der Waals surface area contributed by atoms with Gasteiger partial charge in [0.05, 0.1) is 12.0 Å². The van der Waals surface area contributed by atoms with Crippen molar-refractivity contribution in [3.63, 3.8) is 0 Å². The number of hydrogen-bond acceptors (Lipinski definition) is 5. The van der Waals surface area contributed by atoms with Crippen LogP contribution in [-0.2, 0) is 0 Å². The molecule has 0 amide bonds. The Labute approximate surface area is 130 Å². The van der Waals surface area contributed by atoms with E-state index >= 15 is 0 Å². The number of benzene rings is 2. The highest BCUT2D eigenvalue weighted by molar-refractivity contribution is 5.91. The van der Waals surface area contributed by atoms with Gasteiger partial charge >= 0.3 is 0 Å². The summed E-state index contributed by atoms with van der Waals surface area (Å²) in [4.78, 5) is 24.8. The van der Waals surface area contributed by atoms with Crippen LogP contribution in [0.2, 0.25) is 0 Å². The van der Waals surface area contributed by atoms with E-state index in [4.69, 9.17) is 9.47 Å². The largest absolute Gasteiger partial charge is 0.497 e. The number of nitro groups is 1. The van der Waals surface area contributed by atoms with Gasteiger partial charge in [0.1, 0.15) is 22.8 Å². The highest BCUT2D eigenvalue weighted by Crippen LogP contribution is 2.32. The number of nitrogens with zero attached hydrogens (tertiary/aromatic N) is 1. The number of nitro benzene ring substituents is 1. The molecule has 1 N–H and O–H groups in total. The first-order chi connectivity index (χ1) is 11.1. The number of non-ortho nitro benzene ring substituents is 1. The molecular weight excluding hydrogens is 300 g/mol. The maximum absolute atomic E-state index is 11.8. The average molecular weight is 312 g/mol. The Bertz CT molecular complexity index is 931. The molecule has 3 aromatic rings. The number of hydrogen-bond donors (Lipinski definition) is 1. The molecule has 0 aliphatic rings. The molecule has 0 aliphatic heterocycles. The van der Waals surface area contributed by atoms with Crippen molar-refractivity contribution < 1.29 is 14.4 Å². The number of fused-ring (bicyclic) bond motifs is 1. The lowest BCUT2D eigenvalue weighted by Gasteiger charge is -2.09. The van der Waals surface area contributed by atoms with E-state index in [1.165, 1.54) is 12.1 Å². The van der Waals surface area contributed by atoms with Crippen LogP contribution in [0.25, 0.3) is 10.9 Å². The van der Waals surface area contributed by atoms with Crippen molar-refractivity contribution in [1.82, 2.24) is 4.98 Å². The molecule has 116 valence electrons. The Balaban J connectivity index is 2.11. The number of para-hydroxylation sites is 1. The van der Waals surface area contributed by atoms with Crippen molar-refractivity contribution in [1.29, 1.82) is 0 Å². The molecule has 0 saturated heterocycles. The molecule has 0 fully saturated rings. The topological polar surface area (TPSA) is 94.5 Å². The van der Waals surface area contributed by atoms with Crippen molar-refractivity contribution in [3.05, 3.63) is 69.0 Å². The van der Waals surface area contributed by atoms with E-state index in [1.807, 2.05) is 0 Å². The lowest BCUT2D eigenvalue weighted by Crippen LogP contribution is -2.06. The third-order valence-corrected chi connectivity index (χ3v) is 3.30. The second-order valence-electron chi connectivity index (χ2n) is 4.73. The first-order valence-electron chi connectivity index (χ1n) is 6.71. The van der Waals surface area contributed by atoms with Crippen LogP contribution in [0.1, 0.15) is 0 Å². The summed E-state index contributed by atoms with van der Waals surface area (Å²) in [7, 11) is 1.55. The Hall–Kier alpha value is -3.35. The zero-order valence-electron chi connectivity index (χ0n) is 12.1. The van der Waals surface area contributed by atoms with Gasteiger partial charge in [-0.2, -0.15) is 0 Å². The average Bonchev–Trinajstić information content (AvgIpc) is 2.54. The van der Waals surface area contributed by atoms with Crippen LogP contribution in [0.3, 0.4) is 0 Å². The molecule has 0 unspecified atom stereocenters. The van der Waals surface area contributed by atoms with Crippen LogP contribution in [0.15, 0.2) is 53.3 Å². The van der Waals surface area contributed by atoms with Crippen molar-refractivity contribution in [2.45, 2.75) is 0 Å². The van der Waals surface area contributed by atoms with Gasteiger partial charge in [-0.05, 0) is 30.3 Å². The molecule has 7 heteroatoms. The number of pyridine rings is 1. The second kappa shape index (κ2) is 5.80. The predicted molar refractivity (Wildman–Crippen MR) is 84.3 cm³/mol. The highest BCUT2D eigenvalue weighted by atomic mass is 16.6. The fourth-order valence-corrected chi connectivity index (χ4v) is 2.24. The first kappa shape index (κ1) is 14.6. The summed E-state index contributed by atoms with van der Waals surface area (Å²) in [6.45, 7) is 0. The lowest BCUT2D eigenvalue weighted by atomic mass is 10.2. The molecule has 1 aromatic heterocycles. The standard InChI is InChI=1S/C16H12N2O5/c1-22-10-5-7-11(8-6-10)23-14-9-15(19)17-16-12(14)3-2-4-13(16)18(20)21/h2-9H,1H3,(H,17,19). The van der Waals surface area contributed by atoms with E-state index in [1.54, 1.807) is 43.5 Å². The van der Waals surface area contributed by atoms with Crippen molar-refractivity contribution in [3.8, 4) is 17.2 Å². The van der Waals surface area contributed by atoms with Crippen molar-refractivity contribution >= 4 is 16.6 Å². The molecular formula is C16H12N2O5. The van der Waals surface area contributed by atoms with Crippen LogP contribution in [0, 0.1) is 10.1 Å². The molecule has 3 rings (SSSR count). The van der Waals surface area contributed by atoms with Gasteiger partial charge in [0.15, 0.2) is 0 Å². The first-order valence-corrected chi connectivity index (χ1v) is 6.71. The fourth-order valence-electron chi connectivity index (χ4n) is 2.24. The van der Waals surface area contributed by atoms with Crippen molar-refractivity contribution in [2.24, 2.45) is 0 Å². The third-order valence-electron chi connectivity index (χ3n) is 3.30. The van der Waals surface area contributed by atoms with E-state index in [0.29, 0.717) is 16.9 Å². The van der Waals surface area contributed by atoms with Gasteiger partial charge < -0.3 is 14.5 Å². The van der Waals surface area contributed by atoms with Crippen LogP contribution in [-0.4, -0.2) is 17.0 Å². The summed E-state index contributed by atoms with van der Waals surface area (Å²) in [5.74, 6) is 1.41. The Morgan fingerprint density at radius 1 is 1.09 bits per heavy atom. The number of ether oxygens (including phenoxy) is 2. The number of rotatable bonds is 4. The number of nitrogens with one attached hydrogen (secondary N) is 1. The van der Waals surface area contributed by atoms with Crippen LogP contribution >= 0.6 is 0 Å². The predicted octanol–water partition coefficient (Wildman–Crippen LogP) is 3.24. The summed E-state index contributed by atoms with van der Waals surface area (Å²) >= 11 is 0. The van der Waals surface area contributed by atoms with E-state index in [9.17, 15) is 14.9 Å². The summed E-state index contributed by atoms with van der Waals surface area (Å²) in [6, 6.07) is 12.6. The molecule has 23 heavy (non-hydrogen) atoms. The minimum atomic E-state index is -0.546. The van der Waals surface area contributed by atoms with Gasteiger partial charge in [-0.3, -0.25) is 14.9 Å². The number of methoxy groups -OCH3 is 1. The number of aromatic nitrogens is 1. The van der Waals surface area contributed by atoms with Crippen LogP contribution in [0.5, 0.6) is 17.2 Å². The molecule has 0 atom stereocenters. The van der Waals surface area contributed by atoms with Gasteiger partial charge in [0.2, 0.25) is 0 Å². The summed E-state index contributed by atoms with van der Waals surface area (Å²) in [6.07, 6.45) is 0. The minimum Gasteiger partial charge on any atom is -0.497 e. The van der Waals surface area contributed by atoms with Crippen LogP contribution in [0.4, 0.5) is 5.69 Å². The van der Waals surface area contributed by atoms with Crippen molar-refractivity contribution in [2.75, 3.05) is 7.11 Å². The number of H-pyrrole nitrogens is 1. The normalized spacial score (nSPS) is 10.5. The zero-order valence-corrected chi connectivity index (χ0v) is 12.1. The molecule has 1 heterocycles. The monoisotopic (exact) mass is 312 g/mol. The van der Waals surface area contributed by atoms with Gasteiger partial charge in [0, 0.05) is 17.5 Å². The van der Waals surface area contributed by atoms with Gasteiger partial charge in [0.25, 0.3) is 11.2 Å². The zero-order chi connectivity index (χ0) is 16.4. The van der Waals surface area contributed by atoms with Crippen LogP contribution < -0.4 is 15.0 Å². The smallest absolute Gasteiger partial charge is 0.293 e. The Kier molecular flexibility index (Phi) is 3.68. The Morgan fingerprint density at radius 2 is 1.78 bits per heavy atom. The molecule has 0 aliphatic carbocycles. The molecule has 0 saturated carbocycles. The lowest BCUT2D eigenvalue weighted by molar-refractivity contribution is -0.383. The third kappa shape index (κ3) is 2.84. The highest BCUT2D eigenvalue weighted by Gasteiger charge is 2.16. The van der Waals surface area contributed by atoms with E-state index < -0.39 is 10.5 Å². The number of aromatic amines is 1. The quantitative estimate of drug-likeness (QED) is 0.589. The van der Waals surface area contributed by atoms with Gasteiger partial charge in [-0.1, -0.05) is 6.07 Å². The van der Waals surface area contributed by atoms with E-state index in [2.05, 4.69) is 4.98 Å². The van der Waals surface area contributed by atoms with Gasteiger partial charge in [-0.15, -0.1) is 0 Å². The summed E-state index contributed by atoms with van der Waals surface area (Å²) in [5, 5.41) is 11.5. The molecule has 7 nitrogen and oxygen atoms in total. The molecule has 0 bridgehead atoms. The van der Waals surface area contributed by atoms with E-state index in [-0.39, 0.29) is 17.0 Å². The maximum Gasteiger partial charge on any atom is 0.293 e. The SMILES string of the molecule is COc1ccc(Oc2cc(=O)[nH]c3c([N+](=O)[O-])cccc23)cc1. The molecule has 0 radical (unpaired) electrons. The molecule has 0 spiro atoms.